The lowest BCUT2D eigenvalue weighted by molar-refractivity contribution is -0.109. The van der Waals surface area contributed by atoms with Crippen molar-refractivity contribution in [3.63, 3.8) is 0 Å². The van der Waals surface area contributed by atoms with Gasteiger partial charge in [0.1, 0.15) is 0 Å². The smallest absolute Gasteiger partial charge is 0.333 e. The van der Waals surface area contributed by atoms with Gasteiger partial charge in [-0.1, -0.05) is 37.6 Å². The molecule has 3 fully saturated rings. The third-order valence-corrected chi connectivity index (χ3v) is 7.46. The Balaban J connectivity index is 1.56. The Morgan fingerprint density at radius 2 is 1.86 bits per heavy atom. The number of halogens is 1. The van der Waals surface area contributed by atoms with Crippen molar-refractivity contribution in [3.8, 4) is 5.88 Å². The minimum atomic E-state index is -0.458. The Kier molecular flexibility index (Phi) is 4.90. The van der Waals surface area contributed by atoms with Gasteiger partial charge in [-0.05, 0) is 66.5 Å². The predicted octanol–water partition coefficient (Wildman–Crippen LogP) is 3.68. The van der Waals surface area contributed by atoms with Crippen molar-refractivity contribution in [2.45, 2.75) is 52.6 Å². The maximum atomic E-state index is 13.0. The lowest BCUT2D eigenvalue weighted by atomic mass is 9.45. The molecule has 0 aliphatic heterocycles. The van der Waals surface area contributed by atoms with Crippen LogP contribution in [0.3, 0.4) is 0 Å². The zero-order valence-corrected chi connectivity index (χ0v) is 17.2. The van der Waals surface area contributed by atoms with Crippen molar-refractivity contribution in [3.05, 3.63) is 61.8 Å². The number of hydrogen-bond donors (Lipinski definition) is 1. The first-order chi connectivity index (χ1) is 13.3. The summed E-state index contributed by atoms with van der Waals surface area (Å²) >= 11 is 5.91. The van der Waals surface area contributed by atoms with E-state index in [2.05, 4.69) is 13.8 Å². The molecule has 2 aromatic rings. The molecular formula is C22H27ClN2O3. The normalized spacial score (nSPS) is 25.3. The van der Waals surface area contributed by atoms with Gasteiger partial charge in [0.05, 0.1) is 6.07 Å². The minimum Gasteiger partial charge on any atom is -0.494 e. The molecule has 3 aliphatic rings. The molecule has 1 N–H and O–H groups in total. The summed E-state index contributed by atoms with van der Waals surface area (Å²) in [6.45, 7) is 5.38. The molecule has 2 bridgehead atoms. The van der Waals surface area contributed by atoms with Gasteiger partial charge in [0.2, 0.25) is 5.88 Å². The van der Waals surface area contributed by atoms with Gasteiger partial charge < -0.3 is 5.11 Å². The SMILES string of the molecule is CC1(C)[C@@H]2CC[C@H](Cn3c(O)cc(=O)n(CCc4ccc(Cl)cc4)c3=O)[C@H]1C2. The van der Waals surface area contributed by atoms with Crippen LogP contribution in [0, 0.1) is 23.2 Å². The fourth-order valence-electron chi connectivity index (χ4n) is 5.29. The second-order valence-corrected chi connectivity index (χ2v) is 9.40. The number of rotatable bonds is 5. The summed E-state index contributed by atoms with van der Waals surface area (Å²) in [5.41, 5.74) is 0.439. The van der Waals surface area contributed by atoms with Crippen LogP contribution >= 0.6 is 11.6 Å². The van der Waals surface area contributed by atoms with E-state index in [4.69, 9.17) is 11.6 Å². The van der Waals surface area contributed by atoms with Gasteiger partial charge in [0, 0.05) is 18.1 Å². The van der Waals surface area contributed by atoms with Gasteiger partial charge in [-0.15, -0.1) is 0 Å². The van der Waals surface area contributed by atoms with Crippen molar-refractivity contribution in [1.29, 1.82) is 0 Å². The van der Waals surface area contributed by atoms with E-state index >= 15 is 0 Å². The van der Waals surface area contributed by atoms with Crippen LogP contribution in [0.2, 0.25) is 5.02 Å². The van der Waals surface area contributed by atoms with Crippen LogP contribution in [0.1, 0.15) is 38.7 Å². The molecule has 6 heteroatoms. The third kappa shape index (κ3) is 3.30. The Hall–Kier alpha value is -2.01. The van der Waals surface area contributed by atoms with E-state index in [1.54, 1.807) is 12.1 Å². The molecule has 0 spiro atoms. The molecule has 1 aromatic carbocycles. The molecule has 1 heterocycles. The van der Waals surface area contributed by atoms with E-state index in [1.165, 1.54) is 28.0 Å². The molecule has 3 saturated carbocycles. The zero-order chi connectivity index (χ0) is 20.1. The molecule has 3 atom stereocenters. The van der Waals surface area contributed by atoms with Gasteiger partial charge in [0.25, 0.3) is 5.56 Å². The molecule has 3 aliphatic carbocycles. The summed E-state index contributed by atoms with van der Waals surface area (Å²) in [7, 11) is 0. The predicted molar refractivity (Wildman–Crippen MR) is 110 cm³/mol. The van der Waals surface area contributed by atoms with E-state index in [9.17, 15) is 14.7 Å². The van der Waals surface area contributed by atoms with Crippen LogP contribution in [-0.2, 0) is 19.5 Å². The summed E-state index contributed by atoms with van der Waals surface area (Å²) < 4.78 is 2.62. The standard InChI is InChI=1S/C22H27ClN2O3/c1-22(2)16-6-5-15(18(22)11-16)13-25-20(27)12-19(26)24(21(25)28)10-9-14-3-7-17(23)8-4-14/h3-4,7-8,12,15-16,18,27H,5-6,9-11,13H2,1-2H3/t15-,16-,18-/m1/s1. The van der Waals surface area contributed by atoms with Gasteiger partial charge in [-0.25, -0.2) is 4.79 Å². The average Bonchev–Trinajstić information content (AvgIpc) is 2.66. The maximum absolute atomic E-state index is 13.0. The van der Waals surface area contributed by atoms with Crippen LogP contribution in [0.15, 0.2) is 39.9 Å². The Morgan fingerprint density at radius 1 is 1.14 bits per heavy atom. The van der Waals surface area contributed by atoms with Gasteiger partial charge in [0.15, 0.2) is 0 Å². The number of aromatic hydroxyl groups is 1. The summed E-state index contributed by atoms with van der Waals surface area (Å²) in [6.07, 6.45) is 4.02. The molecule has 0 saturated heterocycles. The molecule has 28 heavy (non-hydrogen) atoms. The monoisotopic (exact) mass is 402 g/mol. The van der Waals surface area contributed by atoms with E-state index in [0.717, 1.165) is 17.9 Å². The first-order valence-electron chi connectivity index (χ1n) is 10.1. The average molecular weight is 403 g/mol. The number of hydrogen-bond acceptors (Lipinski definition) is 3. The second-order valence-electron chi connectivity index (χ2n) is 8.96. The minimum absolute atomic E-state index is 0.225. The van der Waals surface area contributed by atoms with Crippen LogP contribution in [0.25, 0.3) is 0 Å². The number of fused-ring (bicyclic) bond motifs is 2. The number of aryl methyl sites for hydroxylation is 1. The zero-order valence-electron chi connectivity index (χ0n) is 16.4. The summed E-state index contributed by atoms with van der Waals surface area (Å²) in [5.74, 6) is 1.50. The molecule has 5 nitrogen and oxygen atoms in total. The van der Waals surface area contributed by atoms with Gasteiger partial charge in [-0.3, -0.25) is 13.9 Å². The summed E-state index contributed by atoms with van der Waals surface area (Å²) in [4.78, 5) is 25.3. The molecule has 0 unspecified atom stereocenters. The highest BCUT2D eigenvalue weighted by Crippen LogP contribution is 2.61. The van der Waals surface area contributed by atoms with E-state index < -0.39 is 11.2 Å². The van der Waals surface area contributed by atoms with Crippen LogP contribution in [0.5, 0.6) is 5.88 Å². The fourth-order valence-corrected chi connectivity index (χ4v) is 5.42. The lowest BCUT2D eigenvalue weighted by Crippen LogP contribution is -2.54. The first-order valence-corrected chi connectivity index (χ1v) is 10.4. The van der Waals surface area contributed by atoms with Gasteiger partial charge >= 0.3 is 5.69 Å². The first kappa shape index (κ1) is 19.3. The molecule has 1 aromatic heterocycles. The van der Waals surface area contributed by atoms with E-state index in [1.807, 2.05) is 12.1 Å². The van der Waals surface area contributed by atoms with Gasteiger partial charge in [-0.2, -0.15) is 0 Å². The molecule has 0 amide bonds. The second kappa shape index (κ2) is 7.11. The lowest BCUT2D eigenvalue weighted by Gasteiger charge is -2.60. The summed E-state index contributed by atoms with van der Waals surface area (Å²) in [5, 5.41) is 11.0. The quantitative estimate of drug-likeness (QED) is 0.829. The van der Waals surface area contributed by atoms with Crippen LogP contribution < -0.4 is 11.2 Å². The van der Waals surface area contributed by atoms with Crippen molar-refractivity contribution in [1.82, 2.24) is 9.13 Å². The topological polar surface area (TPSA) is 64.2 Å². The number of nitrogens with zero attached hydrogens (tertiary/aromatic N) is 2. The van der Waals surface area contributed by atoms with Crippen molar-refractivity contribution < 1.29 is 5.11 Å². The van der Waals surface area contributed by atoms with Crippen molar-refractivity contribution in [2.75, 3.05) is 0 Å². The molecular weight excluding hydrogens is 376 g/mol. The largest absolute Gasteiger partial charge is 0.494 e. The number of benzene rings is 1. The molecule has 5 rings (SSSR count). The van der Waals surface area contributed by atoms with Crippen LogP contribution in [-0.4, -0.2) is 14.2 Å². The highest BCUT2D eigenvalue weighted by atomic mass is 35.5. The third-order valence-electron chi connectivity index (χ3n) is 7.21. The molecule has 150 valence electrons. The Morgan fingerprint density at radius 3 is 2.50 bits per heavy atom. The fraction of sp³-hybridized carbons (Fsp3) is 0.545. The van der Waals surface area contributed by atoms with E-state index in [-0.39, 0.29) is 12.4 Å². The number of aromatic nitrogens is 2. The maximum Gasteiger partial charge on any atom is 0.333 e. The molecule has 0 radical (unpaired) electrons. The Bertz CT molecular complexity index is 988. The highest BCUT2D eigenvalue weighted by Gasteiger charge is 2.54. The summed E-state index contributed by atoms with van der Waals surface area (Å²) in [6, 6.07) is 8.55. The highest BCUT2D eigenvalue weighted by molar-refractivity contribution is 6.30. The van der Waals surface area contributed by atoms with Crippen molar-refractivity contribution >= 4 is 11.6 Å². The Labute approximate surface area is 169 Å². The van der Waals surface area contributed by atoms with Crippen molar-refractivity contribution in [2.24, 2.45) is 23.2 Å². The van der Waals surface area contributed by atoms with E-state index in [0.29, 0.717) is 35.2 Å². The van der Waals surface area contributed by atoms with Crippen LogP contribution in [0.4, 0.5) is 0 Å².